The van der Waals surface area contributed by atoms with Crippen molar-refractivity contribution in [1.82, 2.24) is 9.78 Å². The lowest BCUT2D eigenvalue weighted by molar-refractivity contribution is 0.0919. The number of hydrogen-bond donors (Lipinski definition) is 0. The van der Waals surface area contributed by atoms with Crippen molar-refractivity contribution in [1.29, 1.82) is 0 Å². The number of benzene rings is 1. The van der Waals surface area contributed by atoms with Gasteiger partial charge in [0.15, 0.2) is 5.78 Å². The fourth-order valence-electron chi connectivity index (χ4n) is 3.24. The summed E-state index contributed by atoms with van der Waals surface area (Å²) in [5, 5.41) is 5.16. The molecule has 2 unspecified atom stereocenters. The van der Waals surface area contributed by atoms with Crippen molar-refractivity contribution in [2.24, 2.45) is 11.8 Å². The van der Waals surface area contributed by atoms with E-state index in [0.29, 0.717) is 23.5 Å². The Labute approximate surface area is 135 Å². The summed E-state index contributed by atoms with van der Waals surface area (Å²) in [4.78, 5) is 12.7. The third-order valence-electron chi connectivity index (χ3n) is 4.57. The molecule has 124 valence electrons. The smallest absolute Gasteiger partial charge is 0.186 e. The minimum Gasteiger partial charge on any atom is -0.381 e. The summed E-state index contributed by atoms with van der Waals surface area (Å²) < 4.78 is 20.9. The first-order chi connectivity index (χ1) is 11.1. The Bertz CT molecular complexity index is 704. The van der Waals surface area contributed by atoms with E-state index >= 15 is 0 Å². The molecule has 23 heavy (non-hydrogen) atoms. The van der Waals surface area contributed by atoms with E-state index in [1.165, 1.54) is 12.1 Å². The molecule has 3 rings (SSSR count). The minimum atomic E-state index is -0.335. The van der Waals surface area contributed by atoms with E-state index in [9.17, 15) is 9.18 Å². The monoisotopic (exact) mass is 318 g/mol. The number of Topliss-reactive ketones (excluding diaryl/α,β-unsaturated/α-hetero) is 1. The molecule has 2 aromatic rings. The lowest BCUT2D eigenvalue weighted by atomic mass is 9.97. The van der Waals surface area contributed by atoms with E-state index in [4.69, 9.17) is 4.74 Å². The highest BCUT2D eigenvalue weighted by molar-refractivity contribution is 6.07. The maximum absolute atomic E-state index is 13.7. The molecule has 0 saturated carbocycles. The maximum atomic E-state index is 13.7. The van der Waals surface area contributed by atoms with Crippen LogP contribution in [0.5, 0.6) is 0 Å². The van der Waals surface area contributed by atoms with Crippen molar-refractivity contribution in [3.05, 3.63) is 29.7 Å². The van der Waals surface area contributed by atoms with E-state index < -0.39 is 0 Å². The molecule has 1 aromatic carbocycles. The highest BCUT2D eigenvalue weighted by Gasteiger charge is 2.24. The SMILES string of the molecule is CCCC(C)C(=O)c1nn(CC2CCOC2)c2ccc(F)cc12. The van der Waals surface area contributed by atoms with Gasteiger partial charge in [0.05, 0.1) is 12.1 Å². The van der Waals surface area contributed by atoms with Crippen molar-refractivity contribution in [2.75, 3.05) is 13.2 Å². The second-order valence-corrected chi connectivity index (χ2v) is 6.48. The molecule has 1 aliphatic rings. The predicted octanol–water partition coefficient (Wildman–Crippen LogP) is 3.83. The molecule has 0 aliphatic carbocycles. The van der Waals surface area contributed by atoms with Gasteiger partial charge in [0.2, 0.25) is 0 Å². The minimum absolute atomic E-state index is 0.00359. The van der Waals surface area contributed by atoms with Crippen LogP contribution in [-0.2, 0) is 11.3 Å². The van der Waals surface area contributed by atoms with Crippen LogP contribution in [0.1, 0.15) is 43.6 Å². The normalized spacial score (nSPS) is 19.3. The van der Waals surface area contributed by atoms with Crippen LogP contribution in [0.25, 0.3) is 10.9 Å². The first kappa shape index (κ1) is 16.1. The molecule has 2 atom stereocenters. The molecule has 1 aliphatic heterocycles. The Hall–Kier alpha value is -1.75. The lowest BCUT2D eigenvalue weighted by Gasteiger charge is -2.09. The van der Waals surface area contributed by atoms with Crippen LogP contribution in [0.4, 0.5) is 4.39 Å². The third kappa shape index (κ3) is 3.29. The van der Waals surface area contributed by atoms with Gasteiger partial charge in [-0.2, -0.15) is 5.10 Å². The summed E-state index contributed by atoms with van der Waals surface area (Å²) in [5.74, 6) is -0.0221. The van der Waals surface area contributed by atoms with Gasteiger partial charge in [-0.15, -0.1) is 0 Å². The summed E-state index contributed by atoms with van der Waals surface area (Å²) in [7, 11) is 0. The summed E-state index contributed by atoms with van der Waals surface area (Å²) in [5.41, 5.74) is 1.23. The molecule has 0 amide bonds. The zero-order chi connectivity index (χ0) is 16.4. The molecule has 4 nitrogen and oxygen atoms in total. The first-order valence-corrected chi connectivity index (χ1v) is 8.38. The molecule has 2 heterocycles. The fourth-order valence-corrected chi connectivity index (χ4v) is 3.24. The summed E-state index contributed by atoms with van der Waals surface area (Å²) >= 11 is 0. The highest BCUT2D eigenvalue weighted by atomic mass is 19.1. The van der Waals surface area contributed by atoms with Crippen LogP contribution in [-0.4, -0.2) is 28.8 Å². The number of ether oxygens (including phenoxy) is 1. The van der Waals surface area contributed by atoms with Gasteiger partial charge in [-0.05, 0) is 31.0 Å². The Morgan fingerprint density at radius 2 is 2.35 bits per heavy atom. The third-order valence-corrected chi connectivity index (χ3v) is 4.57. The number of rotatable bonds is 6. The lowest BCUT2D eigenvalue weighted by Crippen LogP contribution is -2.15. The second kappa shape index (κ2) is 6.79. The number of aromatic nitrogens is 2. The Morgan fingerprint density at radius 3 is 3.04 bits per heavy atom. The molecule has 1 fully saturated rings. The van der Waals surface area contributed by atoms with Crippen LogP contribution in [0.15, 0.2) is 18.2 Å². The van der Waals surface area contributed by atoms with Crippen LogP contribution in [0.2, 0.25) is 0 Å². The standard InChI is InChI=1S/C18H23FN2O2/c1-3-4-12(2)18(22)17-15-9-14(19)5-6-16(15)21(20-17)10-13-7-8-23-11-13/h5-6,9,12-13H,3-4,7-8,10-11H2,1-2H3. The molecule has 0 radical (unpaired) electrons. The molecule has 0 spiro atoms. The van der Waals surface area contributed by atoms with Crippen molar-refractivity contribution < 1.29 is 13.9 Å². The van der Waals surface area contributed by atoms with Crippen molar-refractivity contribution in [2.45, 2.75) is 39.7 Å². The van der Waals surface area contributed by atoms with Gasteiger partial charge in [-0.25, -0.2) is 4.39 Å². The van der Waals surface area contributed by atoms with Crippen molar-refractivity contribution in [3.8, 4) is 0 Å². The number of nitrogens with zero attached hydrogens (tertiary/aromatic N) is 2. The summed E-state index contributed by atoms with van der Waals surface area (Å²) in [6.45, 7) is 6.18. The highest BCUT2D eigenvalue weighted by Crippen LogP contribution is 2.25. The van der Waals surface area contributed by atoms with Gasteiger partial charge in [0, 0.05) is 30.4 Å². The van der Waals surface area contributed by atoms with E-state index in [0.717, 1.165) is 38.0 Å². The zero-order valence-electron chi connectivity index (χ0n) is 13.7. The molecule has 0 N–H and O–H groups in total. The van der Waals surface area contributed by atoms with Gasteiger partial charge < -0.3 is 4.74 Å². The number of ketones is 1. The Balaban J connectivity index is 1.99. The summed E-state index contributed by atoms with van der Waals surface area (Å²) in [6.07, 6.45) is 2.76. The second-order valence-electron chi connectivity index (χ2n) is 6.48. The van der Waals surface area contributed by atoms with Gasteiger partial charge in [-0.1, -0.05) is 20.3 Å². The predicted molar refractivity (Wildman–Crippen MR) is 87.0 cm³/mol. The van der Waals surface area contributed by atoms with E-state index in [1.807, 2.05) is 11.6 Å². The molecule has 1 aromatic heterocycles. The number of fused-ring (bicyclic) bond motifs is 1. The molecular weight excluding hydrogens is 295 g/mol. The average molecular weight is 318 g/mol. The number of carbonyl (C=O) groups is 1. The van der Waals surface area contributed by atoms with E-state index in [2.05, 4.69) is 12.0 Å². The van der Waals surface area contributed by atoms with Crippen LogP contribution in [0, 0.1) is 17.7 Å². The fraction of sp³-hybridized carbons (Fsp3) is 0.556. The van der Waals surface area contributed by atoms with Crippen LogP contribution in [0.3, 0.4) is 0 Å². The summed E-state index contributed by atoms with van der Waals surface area (Å²) in [6, 6.07) is 4.57. The van der Waals surface area contributed by atoms with Crippen molar-refractivity contribution in [3.63, 3.8) is 0 Å². The van der Waals surface area contributed by atoms with Crippen LogP contribution >= 0.6 is 0 Å². The number of carbonyl (C=O) groups excluding carboxylic acids is 1. The van der Waals surface area contributed by atoms with E-state index in [1.54, 1.807) is 6.07 Å². The maximum Gasteiger partial charge on any atom is 0.186 e. The molecular formula is C18H23FN2O2. The zero-order valence-corrected chi connectivity index (χ0v) is 13.7. The first-order valence-electron chi connectivity index (χ1n) is 8.38. The van der Waals surface area contributed by atoms with Gasteiger partial charge in [0.25, 0.3) is 0 Å². The van der Waals surface area contributed by atoms with Crippen molar-refractivity contribution >= 4 is 16.7 Å². The van der Waals surface area contributed by atoms with Gasteiger partial charge in [0.1, 0.15) is 11.5 Å². The number of halogens is 1. The average Bonchev–Trinajstić information content (AvgIpc) is 3.15. The van der Waals surface area contributed by atoms with Crippen LogP contribution < -0.4 is 0 Å². The van der Waals surface area contributed by atoms with E-state index in [-0.39, 0.29) is 17.5 Å². The number of hydrogen-bond acceptors (Lipinski definition) is 3. The Kier molecular flexibility index (Phi) is 4.76. The Morgan fingerprint density at radius 1 is 1.52 bits per heavy atom. The van der Waals surface area contributed by atoms with Gasteiger partial charge in [-0.3, -0.25) is 9.48 Å². The molecule has 0 bridgehead atoms. The quantitative estimate of drug-likeness (QED) is 0.760. The van der Waals surface area contributed by atoms with Gasteiger partial charge >= 0.3 is 0 Å². The molecule has 5 heteroatoms. The molecule has 1 saturated heterocycles. The largest absolute Gasteiger partial charge is 0.381 e. The topological polar surface area (TPSA) is 44.1 Å².